The molecule has 1 atom stereocenters. The minimum atomic E-state index is 0.648. The van der Waals surface area contributed by atoms with Gasteiger partial charge in [-0.1, -0.05) is 12.1 Å². The number of para-hydroxylation sites is 2. The third kappa shape index (κ3) is 2.99. The zero-order valence-corrected chi connectivity index (χ0v) is 12.4. The van der Waals surface area contributed by atoms with Gasteiger partial charge >= 0.3 is 0 Å². The van der Waals surface area contributed by atoms with E-state index < -0.39 is 0 Å². The molecule has 2 aromatic rings. The van der Waals surface area contributed by atoms with E-state index in [9.17, 15) is 0 Å². The van der Waals surface area contributed by atoms with E-state index in [2.05, 4.69) is 16.6 Å². The first-order chi connectivity index (χ1) is 9.86. The van der Waals surface area contributed by atoms with Crippen molar-refractivity contribution in [1.82, 2.24) is 15.1 Å². The second kappa shape index (κ2) is 6.33. The molecule has 0 radical (unpaired) electrons. The summed E-state index contributed by atoms with van der Waals surface area (Å²) in [4.78, 5) is 0. The van der Waals surface area contributed by atoms with E-state index in [4.69, 9.17) is 4.74 Å². The van der Waals surface area contributed by atoms with Gasteiger partial charge in [0.25, 0.3) is 0 Å². The topological polar surface area (TPSA) is 39.1 Å². The van der Waals surface area contributed by atoms with Crippen molar-refractivity contribution in [2.45, 2.75) is 19.0 Å². The molecule has 0 saturated carbocycles. The van der Waals surface area contributed by atoms with E-state index in [0.29, 0.717) is 6.04 Å². The fourth-order valence-corrected chi connectivity index (χ4v) is 3.55. The molecule has 0 bridgehead atoms. The molecular formula is C15H19N3OS. The quantitative estimate of drug-likeness (QED) is 0.918. The normalized spacial score (nSPS) is 18.4. The van der Waals surface area contributed by atoms with Gasteiger partial charge in [-0.25, -0.2) is 4.68 Å². The van der Waals surface area contributed by atoms with E-state index in [1.165, 1.54) is 23.5 Å². The van der Waals surface area contributed by atoms with Gasteiger partial charge in [0.05, 0.1) is 13.3 Å². The van der Waals surface area contributed by atoms with Gasteiger partial charge in [0.15, 0.2) is 0 Å². The highest BCUT2D eigenvalue weighted by atomic mass is 32.2. The van der Waals surface area contributed by atoms with E-state index in [0.717, 1.165) is 18.0 Å². The SMILES string of the molecule is COc1ccccc1-n1cc(CNC2CCSC2)cn1. The summed E-state index contributed by atoms with van der Waals surface area (Å²) in [6, 6.07) is 8.57. The number of ether oxygens (including phenoxy) is 1. The third-order valence-electron chi connectivity index (χ3n) is 3.49. The summed E-state index contributed by atoms with van der Waals surface area (Å²) in [5.74, 6) is 3.33. The van der Waals surface area contributed by atoms with Gasteiger partial charge < -0.3 is 10.1 Å². The molecule has 106 valence electrons. The number of nitrogens with one attached hydrogen (secondary N) is 1. The number of thioether (sulfide) groups is 1. The Balaban J connectivity index is 1.69. The summed E-state index contributed by atoms with van der Waals surface area (Å²) < 4.78 is 7.25. The van der Waals surface area contributed by atoms with Crippen LogP contribution < -0.4 is 10.1 Å². The highest BCUT2D eigenvalue weighted by Gasteiger charge is 2.14. The fraction of sp³-hybridized carbons (Fsp3) is 0.400. The largest absolute Gasteiger partial charge is 0.494 e. The van der Waals surface area contributed by atoms with Crippen LogP contribution in [0.15, 0.2) is 36.7 Å². The summed E-state index contributed by atoms with van der Waals surface area (Å²) in [5.41, 5.74) is 2.17. The molecule has 1 aliphatic heterocycles. The second-order valence-corrected chi connectivity index (χ2v) is 6.06. The number of aromatic nitrogens is 2. The van der Waals surface area contributed by atoms with Gasteiger partial charge in [-0.05, 0) is 24.3 Å². The molecule has 1 aliphatic rings. The summed E-state index contributed by atoms with van der Waals surface area (Å²) in [6.45, 7) is 0.875. The van der Waals surface area contributed by atoms with Crippen molar-refractivity contribution >= 4 is 11.8 Å². The average molecular weight is 289 g/mol. The number of hydrogen-bond donors (Lipinski definition) is 1. The molecule has 1 fully saturated rings. The lowest BCUT2D eigenvalue weighted by Gasteiger charge is -2.09. The van der Waals surface area contributed by atoms with Crippen LogP contribution in [0.1, 0.15) is 12.0 Å². The molecular weight excluding hydrogens is 270 g/mol. The summed E-state index contributed by atoms with van der Waals surface area (Å²) in [6.07, 6.45) is 5.25. The van der Waals surface area contributed by atoms with Gasteiger partial charge in [0.2, 0.25) is 0 Å². The monoisotopic (exact) mass is 289 g/mol. The van der Waals surface area contributed by atoms with Crippen LogP contribution in [-0.4, -0.2) is 34.4 Å². The Labute approximate surface area is 123 Å². The van der Waals surface area contributed by atoms with E-state index in [1.54, 1.807) is 7.11 Å². The van der Waals surface area contributed by atoms with Crippen LogP contribution in [0.2, 0.25) is 0 Å². The highest BCUT2D eigenvalue weighted by molar-refractivity contribution is 7.99. The Morgan fingerprint density at radius 1 is 1.45 bits per heavy atom. The minimum absolute atomic E-state index is 0.648. The molecule has 20 heavy (non-hydrogen) atoms. The fourth-order valence-electron chi connectivity index (χ4n) is 2.36. The van der Waals surface area contributed by atoms with E-state index in [-0.39, 0.29) is 0 Å². The summed E-state index contributed by atoms with van der Waals surface area (Å²) in [5, 5.41) is 8.02. The standard InChI is InChI=1S/C15H19N3OS/c1-19-15-5-3-2-4-14(15)18-10-12(9-17-18)8-16-13-6-7-20-11-13/h2-5,9-10,13,16H,6-8,11H2,1H3. The number of hydrogen-bond acceptors (Lipinski definition) is 4. The number of nitrogens with zero attached hydrogens (tertiary/aromatic N) is 2. The molecule has 0 spiro atoms. The van der Waals surface area contributed by atoms with Crippen LogP contribution in [0.4, 0.5) is 0 Å². The summed E-state index contributed by atoms with van der Waals surface area (Å²) >= 11 is 2.02. The van der Waals surface area contributed by atoms with Gasteiger partial charge in [-0.2, -0.15) is 16.9 Å². The maximum Gasteiger partial charge on any atom is 0.144 e. The zero-order chi connectivity index (χ0) is 13.8. The van der Waals surface area contributed by atoms with Gasteiger partial charge in [-0.3, -0.25) is 0 Å². The third-order valence-corrected chi connectivity index (χ3v) is 4.66. The molecule has 4 nitrogen and oxygen atoms in total. The van der Waals surface area contributed by atoms with Crippen LogP contribution in [0, 0.1) is 0 Å². The van der Waals surface area contributed by atoms with Crippen molar-refractivity contribution in [2.24, 2.45) is 0 Å². The van der Waals surface area contributed by atoms with Crippen molar-refractivity contribution in [3.63, 3.8) is 0 Å². The molecule has 5 heteroatoms. The molecule has 3 rings (SSSR count). The molecule has 2 heterocycles. The number of methoxy groups -OCH3 is 1. The van der Waals surface area contributed by atoms with Crippen molar-refractivity contribution in [1.29, 1.82) is 0 Å². The lowest BCUT2D eigenvalue weighted by atomic mass is 10.2. The molecule has 1 aromatic heterocycles. The Morgan fingerprint density at radius 2 is 2.35 bits per heavy atom. The predicted molar refractivity (Wildman–Crippen MR) is 82.7 cm³/mol. The molecule has 1 unspecified atom stereocenters. The Hall–Kier alpha value is -1.46. The maximum atomic E-state index is 5.37. The van der Waals surface area contributed by atoms with Crippen LogP contribution in [0.5, 0.6) is 5.75 Å². The van der Waals surface area contributed by atoms with Crippen LogP contribution in [-0.2, 0) is 6.54 Å². The van der Waals surface area contributed by atoms with Crippen LogP contribution in [0.3, 0.4) is 0 Å². The van der Waals surface area contributed by atoms with Crippen LogP contribution in [0.25, 0.3) is 5.69 Å². The van der Waals surface area contributed by atoms with E-state index in [1.807, 2.05) is 46.9 Å². The molecule has 0 amide bonds. The van der Waals surface area contributed by atoms with Gasteiger partial charge in [0, 0.05) is 30.1 Å². The first-order valence-electron chi connectivity index (χ1n) is 6.85. The second-order valence-electron chi connectivity index (χ2n) is 4.91. The Bertz CT molecular complexity index is 564. The van der Waals surface area contributed by atoms with Crippen molar-refractivity contribution < 1.29 is 4.74 Å². The van der Waals surface area contributed by atoms with Crippen molar-refractivity contribution in [3.05, 3.63) is 42.2 Å². The smallest absolute Gasteiger partial charge is 0.144 e. The van der Waals surface area contributed by atoms with Crippen molar-refractivity contribution in [2.75, 3.05) is 18.6 Å². The zero-order valence-electron chi connectivity index (χ0n) is 11.6. The predicted octanol–water partition coefficient (Wildman–Crippen LogP) is 2.48. The Kier molecular flexibility index (Phi) is 4.28. The van der Waals surface area contributed by atoms with Gasteiger partial charge in [0.1, 0.15) is 11.4 Å². The summed E-state index contributed by atoms with van der Waals surface area (Å²) in [7, 11) is 1.68. The lowest BCUT2D eigenvalue weighted by Crippen LogP contribution is -2.27. The van der Waals surface area contributed by atoms with Gasteiger partial charge in [-0.15, -0.1) is 0 Å². The molecule has 1 N–H and O–H groups in total. The maximum absolute atomic E-state index is 5.37. The lowest BCUT2D eigenvalue weighted by molar-refractivity contribution is 0.411. The number of rotatable bonds is 5. The van der Waals surface area contributed by atoms with Crippen molar-refractivity contribution in [3.8, 4) is 11.4 Å². The Morgan fingerprint density at radius 3 is 3.15 bits per heavy atom. The molecule has 1 aromatic carbocycles. The number of benzene rings is 1. The molecule has 0 aliphatic carbocycles. The minimum Gasteiger partial charge on any atom is -0.494 e. The van der Waals surface area contributed by atoms with E-state index >= 15 is 0 Å². The first-order valence-corrected chi connectivity index (χ1v) is 8.00. The highest BCUT2D eigenvalue weighted by Crippen LogP contribution is 2.22. The molecule has 1 saturated heterocycles. The average Bonchev–Trinajstić information content (AvgIpc) is 3.16. The first kappa shape index (κ1) is 13.5. The van der Waals surface area contributed by atoms with Crippen LogP contribution >= 0.6 is 11.8 Å².